The van der Waals surface area contributed by atoms with E-state index in [1.807, 2.05) is 0 Å². The number of carbonyl (C=O) groups excluding carboxylic acids is 3. The van der Waals surface area contributed by atoms with Crippen LogP contribution in [0.1, 0.15) is 36.6 Å². The second-order valence-corrected chi connectivity index (χ2v) is 8.06. The summed E-state index contributed by atoms with van der Waals surface area (Å²) in [7, 11) is 0. The van der Waals surface area contributed by atoms with Crippen molar-refractivity contribution in [1.82, 2.24) is 9.80 Å². The molecule has 1 aliphatic rings. The molecule has 35 heavy (non-hydrogen) atoms. The Hall–Kier alpha value is -4.27. The van der Waals surface area contributed by atoms with Gasteiger partial charge < -0.3 is 20.3 Å². The molecular formula is C26H23F2N3O4. The number of carbonyl (C=O) groups is 3. The molecule has 3 aromatic rings. The lowest BCUT2D eigenvalue weighted by Gasteiger charge is -2.35. The highest BCUT2D eigenvalue weighted by molar-refractivity contribution is 5.96. The van der Waals surface area contributed by atoms with E-state index >= 15 is 0 Å². The van der Waals surface area contributed by atoms with E-state index < -0.39 is 23.4 Å². The first kappa shape index (κ1) is 23.9. The molecule has 0 saturated carbocycles. The summed E-state index contributed by atoms with van der Waals surface area (Å²) >= 11 is 0. The van der Waals surface area contributed by atoms with Gasteiger partial charge in [-0.2, -0.15) is 0 Å². The summed E-state index contributed by atoms with van der Waals surface area (Å²) in [5.41, 5.74) is 6.64. The molecule has 1 heterocycles. The third kappa shape index (κ3) is 5.46. The van der Waals surface area contributed by atoms with Gasteiger partial charge >= 0.3 is 0 Å². The molecular weight excluding hydrogens is 456 g/mol. The number of rotatable bonds is 6. The molecule has 0 aromatic heterocycles. The molecule has 0 unspecified atom stereocenters. The summed E-state index contributed by atoms with van der Waals surface area (Å²) in [6.07, 6.45) is 0. The van der Waals surface area contributed by atoms with Gasteiger partial charge in [0.25, 0.3) is 17.7 Å². The van der Waals surface area contributed by atoms with Crippen LogP contribution in [-0.4, -0.2) is 53.7 Å². The zero-order valence-electron chi connectivity index (χ0n) is 18.7. The maximum Gasteiger partial charge on any atom is 0.256 e. The van der Waals surface area contributed by atoms with Crippen LogP contribution in [0.15, 0.2) is 66.7 Å². The second kappa shape index (κ2) is 10.3. The van der Waals surface area contributed by atoms with Crippen molar-refractivity contribution < 1.29 is 27.9 Å². The van der Waals surface area contributed by atoms with E-state index in [2.05, 4.69) is 0 Å². The van der Waals surface area contributed by atoms with Gasteiger partial charge in [-0.05, 0) is 42.0 Å². The standard InChI is InChI=1S/C26H23F2N3O4/c27-19-8-9-20(22(28)15-19)26(34)31-12-10-30(11-13-31)25(33)18-5-3-4-17(14-18)16-35-23-7-2-1-6-21(23)24(29)32/h1-9,14-15H,10-13,16H2,(H2,29,32). The van der Waals surface area contributed by atoms with Gasteiger partial charge in [-0.15, -0.1) is 0 Å². The van der Waals surface area contributed by atoms with E-state index in [4.69, 9.17) is 10.5 Å². The first-order valence-corrected chi connectivity index (χ1v) is 11.0. The van der Waals surface area contributed by atoms with Gasteiger partial charge in [0.15, 0.2) is 0 Å². The number of para-hydroxylation sites is 1. The minimum Gasteiger partial charge on any atom is -0.488 e. The van der Waals surface area contributed by atoms with Gasteiger partial charge in [-0.1, -0.05) is 24.3 Å². The Morgan fingerprint density at radius 1 is 0.800 bits per heavy atom. The molecule has 0 bridgehead atoms. The fourth-order valence-corrected chi connectivity index (χ4v) is 3.88. The Morgan fingerprint density at radius 2 is 1.49 bits per heavy atom. The number of primary amides is 1. The van der Waals surface area contributed by atoms with Gasteiger partial charge in [0, 0.05) is 37.8 Å². The molecule has 3 aromatic carbocycles. The third-order valence-electron chi connectivity index (χ3n) is 5.74. The summed E-state index contributed by atoms with van der Waals surface area (Å²) in [6.45, 7) is 1.15. The Morgan fingerprint density at radius 3 is 2.17 bits per heavy atom. The molecule has 1 fully saturated rings. The van der Waals surface area contributed by atoms with Crippen molar-refractivity contribution in [1.29, 1.82) is 0 Å². The maximum absolute atomic E-state index is 14.0. The van der Waals surface area contributed by atoms with E-state index in [1.54, 1.807) is 53.4 Å². The zero-order chi connectivity index (χ0) is 24.9. The Balaban J connectivity index is 1.37. The van der Waals surface area contributed by atoms with Gasteiger partial charge in [0.05, 0.1) is 11.1 Å². The average Bonchev–Trinajstić information content (AvgIpc) is 2.87. The van der Waals surface area contributed by atoms with Crippen LogP contribution >= 0.6 is 0 Å². The Kier molecular flexibility index (Phi) is 7.05. The van der Waals surface area contributed by atoms with Crippen molar-refractivity contribution in [2.45, 2.75) is 6.61 Å². The van der Waals surface area contributed by atoms with E-state index in [0.717, 1.165) is 17.7 Å². The molecule has 0 spiro atoms. The van der Waals surface area contributed by atoms with Crippen molar-refractivity contribution in [3.63, 3.8) is 0 Å². The number of nitrogens with zero attached hydrogens (tertiary/aromatic N) is 2. The van der Waals surface area contributed by atoms with Crippen LogP contribution in [0.4, 0.5) is 8.78 Å². The van der Waals surface area contributed by atoms with Crippen molar-refractivity contribution >= 4 is 17.7 Å². The average molecular weight is 479 g/mol. The highest BCUT2D eigenvalue weighted by Gasteiger charge is 2.27. The van der Waals surface area contributed by atoms with Crippen LogP contribution in [0.3, 0.4) is 0 Å². The smallest absolute Gasteiger partial charge is 0.256 e. The summed E-state index contributed by atoms with van der Waals surface area (Å²) < 4.78 is 32.8. The fraction of sp³-hybridized carbons (Fsp3) is 0.192. The van der Waals surface area contributed by atoms with Gasteiger partial charge in [0.1, 0.15) is 24.0 Å². The van der Waals surface area contributed by atoms with E-state index in [9.17, 15) is 23.2 Å². The monoisotopic (exact) mass is 479 g/mol. The quantitative estimate of drug-likeness (QED) is 0.588. The van der Waals surface area contributed by atoms with Crippen molar-refractivity contribution in [3.8, 4) is 5.75 Å². The number of halogens is 2. The predicted molar refractivity (Wildman–Crippen MR) is 124 cm³/mol. The first-order valence-electron chi connectivity index (χ1n) is 11.0. The second-order valence-electron chi connectivity index (χ2n) is 8.06. The maximum atomic E-state index is 14.0. The lowest BCUT2D eigenvalue weighted by Crippen LogP contribution is -2.50. The zero-order valence-corrected chi connectivity index (χ0v) is 18.7. The molecule has 9 heteroatoms. The number of amides is 3. The number of hydrogen-bond donors (Lipinski definition) is 1. The molecule has 2 N–H and O–H groups in total. The minimum atomic E-state index is -0.911. The van der Waals surface area contributed by atoms with Crippen molar-refractivity contribution in [2.75, 3.05) is 26.2 Å². The summed E-state index contributed by atoms with van der Waals surface area (Å²) in [5, 5.41) is 0. The van der Waals surface area contributed by atoms with Crippen LogP contribution < -0.4 is 10.5 Å². The molecule has 4 rings (SSSR count). The van der Waals surface area contributed by atoms with Gasteiger partial charge in [-0.3, -0.25) is 14.4 Å². The van der Waals surface area contributed by atoms with Crippen molar-refractivity contribution in [2.24, 2.45) is 5.73 Å². The molecule has 180 valence electrons. The highest BCUT2D eigenvalue weighted by atomic mass is 19.1. The summed E-state index contributed by atoms with van der Waals surface area (Å²) in [6, 6.07) is 16.4. The Bertz CT molecular complexity index is 1270. The van der Waals surface area contributed by atoms with Crippen LogP contribution in [0.25, 0.3) is 0 Å². The first-order chi connectivity index (χ1) is 16.8. The SMILES string of the molecule is NC(=O)c1ccccc1OCc1cccc(C(=O)N2CCN(C(=O)c3ccc(F)cc3F)CC2)c1. The van der Waals surface area contributed by atoms with E-state index in [-0.39, 0.29) is 49.8 Å². The van der Waals surface area contributed by atoms with Gasteiger partial charge in [-0.25, -0.2) is 8.78 Å². The molecule has 1 aliphatic heterocycles. The Labute approximate surface area is 200 Å². The molecule has 7 nitrogen and oxygen atoms in total. The normalized spacial score (nSPS) is 13.4. The number of benzene rings is 3. The van der Waals surface area contributed by atoms with Crippen LogP contribution in [0, 0.1) is 11.6 Å². The molecule has 0 radical (unpaired) electrons. The lowest BCUT2D eigenvalue weighted by atomic mass is 10.1. The molecule has 3 amide bonds. The molecule has 0 aliphatic carbocycles. The summed E-state index contributed by atoms with van der Waals surface area (Å²) in [5.74, 6) is -2.64. The lowest BCUT2D eigenvalue weighted by molar-refractivity contribution is 0.0532. The van der Waals surface area contributed by atoms with Crippen molar-refractivity contribution in [3.05, 3.63) is 101 Å². The van der Waals surface area contributed by atoms with E-state index in [0.29, 0.717) is 17.4 Å². The number of hydrogen-bond acceptors (Lipinski definition) is 4. The van der Waals surface area contributed by atoms with Crippen LogP contribution in [-0.2, 0) is 6.61 Å². The topological polar surface area (TPSA) is 92.9 Å². The largest absolute Gasteiger partial charge is 0.488 e. The third-order valence-corrected chi connectivity index (χ3v) is 5.74. The fourth-order valence-electron chi connectivity index (χ4n) is 3.88. The van der Waals surface area contributed by atoms with E-state index in [1.165, 1.54) is 4.90 Å². The minimum absolute atomic E-state index is 0.136. The number of ether oxygens (including phenoxy) is 1. The number of nitrogens with two attached hydrogens (primary N) is 1. The van der Waals surface area contributed by atoms with Crippen LogP contribution in [0.2, 0.25) is 0 Å². The summed E-state index contributed by atoms with van der Waals surface area (Å²) in [4.78, 5) is 40.2. The molecule has 1 saturated heterocycles. The van der Waals surface area contributed by atoms with Crippen LogP contribution in [0.5, 0.6) is 5.75 Å². The number of piperazine rings is 1. The highest BCUT2D eigenvalue weighted by Crippen LogP contribution is 2.20. The molecule has 0 atom stereocenters. The predicted octanol–water partition coefficient (Wildman–Crippen LogP) is 3.24. The van der Waals surface area contributed by atoms with Gasteiger partial charge in [0.2, 0.25) is 0 Å².